The normalized spacial score (nSPS) is 13.1. The van der Waals surface area contributed by atoms with E-state index in [1.54, 1.807) is 12.1 Å². The second kappa shape index (κ2) is 6.66. The van der Waals surface area contributed by atoms with Crippen molar-refractivity contribution in [1.29, 1.82) is 0 Å². The zero-order valence-electron chi connectivity index (χ0n) is 12.7. The van der Waals surface area contributed by atoms with Crippen LogP contribution in [0.15, 0.2) is 42.5 Å². The Kier molecular flexibility index (Phi) is 5.07. The molecule has 2 rings (SSSR count). The van der Waals surface area contributed by atoms with Gasteiger partial charge >= 0.3 is 7.60 Å². The predicted octanol–water partition coefficient (Wildman–Crippen LogP) is 3.78. The Bertz CT molecular complexity index is 688. The number of phenols is 1. The Morgan fingerprint density at radius 2 is 1.55 bits per heavy atom. The van der Waals surface area contributed by atoms with Gasteiger partial charge in [-0.25, -0.2) is 0 Å². The molecule has 0 aliphatic rings. The zero-order valence-corrected chi connectivity index (χ0v) is 13.6. The smallest absolute Gasteiger partial charge is 0.332 e. The summed E-state index contributed by atoms with van der Waals surface area (Å²) in [5.74, 6) is -0.0825. The highest BCUT2D eigenvalue weighted by atomic mass is 31.2. The first-order valence-corrected chi connectivity index (χ1v) is 8.94. The monoisotopic (exact) mass is 320 g/mol. The molecular weight excluding hydrogens is 299 g/mol. The molecule has 0 saturated heterocycles. The standard InChI is InChI=1S/C17H21O4P/c1-3-13-4-6-14(7-5-13)10-15-8-9-17(18)16(11-15)12(2)22(19,20)21/h4-9,11-12,18H,3,10H2,1-2H3,(H2,19,20,21). The van der Waals surface area contributed by atoms with Gasteiger partial charge in [-0.3, -0.25) is 4.57 Å². The van der Waals surface area contributed by atoms with Gasteiger partial charge in [0.2, 0.25) is 0 Å². The van der Waals surface area contributed by atoms with Gasteiger partial charge < -0.3 is 14.9 Å². The maximum Gasteiger partial charge on any atom is 0.332 e. The third kappa shape index (κ3) is 3.98. The lowest BCUT2D eigenvalue weighted by atomic mass is 10.00. The molecule has 118 valence electrons. The van der Waals surface area contributed by atoms with E-state index in [2.05, 4.69) is 31.2 Å². The van der Waals surface area contributed by atoms with Crippen LogP contribution >= 0.6 is 7.60 Å². The summed E-state index contributed by atoms with van der Waals surface area (Å²) >= 11 is 0. The summed E-state index contributed by atoms with van der Waals surface area (Å²) in [6.07, 6.45) is 1.65. The van der Waals surface area contributed by atoms with E-state index in [9.17, 15) is 19.5 Å². The zero-order chi connectivity index (χ0) is 16.3. The number of benzene rings is 2. The van der Waals surface area contributed by atoms with Gasteiger partial charge in [0.1, 0.15) is 5.75 Å². The minimum atomic E-state index is -4.28. The van der Waals surface area contributed by atoms with Gasteiger partial charge in [0.15, 0.2) is 0 Å². The van der Waals surface area contributed by atoms with E-state index < -0.39 is 13.3 Å². The molecule has 0 spiro atoms. The first-order valence-electron chi connectivity index (χ1n) is 7.26. The molecule has 0 amide bonds. The van der Waals surface area contributed by atoms with Crippen molar-refractivity contribution < 1.29 is 19.5 Å². The van der Waals surface area contributed by atoms with Crippen molar-refractivity contribution in [1.82, 2.24) is 0 Å². The van der Waals surface area contributed by atoms with E-state index in [1.807, 2.05) is 0 Å². The summed E-state index contributed by atoms with van der Waals surface area (Å²) in [7, 11) is -4.28. The average molecular weight is 320 g/mol. The number of hydrogen-bond donors (Lipinski definition) is 3. The summed E-state index contributed by atoms with van der Waals surface area (Å²) in [4.78, 5) is 18.6. The highest BCUT2D eigenvalue weighted by molar-refractivity contribution is 7.52. The quantitative estimate of drug-likeness (QED) is 0.733. The lowest BCUT2D eigenvalue weighted by Gasteiger charge is -2.16. The van der Waals surface area contributed by atoms with E-state index in [0.717, 1.165) is 17.5 Å². The van der Waals surface area contributed by atoms with E-state index in [-0.39, 0.29) is 11.3 Å². The molecule has 0 saturated carbocycles. The fourth-order valence-electron chi connectivity index (χ4n) is 2.36. The predicted molar refractivity (Wildman–Crippen MR) is 87.2 cm³/mol. The van der Waals surface area contributed by atoms with Crippen molar-refractivity contribution in [2.75, 3.05) is 0 Å². The van der Waals surface area contributed by atoms with E-state index >= 15 is 0 Å². The van der Waals surface area contributed by atoms with Crippen LogP contribution in [-0.2, 0) is 17.4 Å². The minimum absolute atomic E-state index is 0.0825. The molecule has 0 bridgehead atoms. The van der Waals surface area contributed by atoms with Gasteiger partial charge in [0.25, 0.3) is 0 Å². The third-order valence-corrected chi connectivity index (χ3v) is 5.17. The molecule has 22 heavy (non-hydrogen) atoms. The molecule has 2 aromatic carbocycles. The lowest BCUT2D eigenvalue weighted by molar-refractivity contribution is 0.359. The SMILES string of the molecule is CCc1ccc(Cc2ccc(O)c(C(C)P(=O)(O)O)c2)cc1. The summed E-state index contributed by atoms with van der Waals surface area (Å²) in [6.45, 7) is 3.53. The highest BCUT2D eigenvalue weighted by Crippen LogP contribution is 2.53. The first kappa shape index (κ1) is 16.8. The van der Waals surface area contributed by atoms with Crippen LogP contribution in [0.3, 0.4) is 0 Å². The van der Waals surface area contributed by atoms with Crippen LogP contribution in [0.25, 0.3) is 0 Å². The van der Waals surface area contributed by atoms with Crippen LogP contribution in [0.4, 0.5) is 0 Å². The van der Waals surface area contributed by atoms with Crippen LogP contribution < -0.4 is 0 Å². The van der Waals surface area contributed by atoms with Crippen LogP contribution in [0.1, 0.15) is 41.8 Å². The molecule has 0 radical (unpaired) electrons. The first-order chi connectivity index (χ1) is 10.3. The summed E-state index contributed by atoms with van der Waals surface area (Å²) in [5, 5.41) is 9.86. The molecule has 1 atom stereocenters. The molecule has 0 fully saturated rings. The van der Waals surface area contributed by atoms with Crippen molar-refractivity contribution in [2.24, 2.45) is 0 Å². The second-order valence-corrected chi connectivity index (χ2v) is 7.46. The van der Waals surface area contributed by atoms with Gasteiger partial charge in [-0.15, -0.1) is 0 Å². The number of rotatable bonds is 5. The van der Waals surface area contributed by atoms with E-state index in [0.29, 0.717) is 6.42 Å². The van der Waals surface area contributed by atoms with E-state index in [4.69, 9.17) is 0 Å². The van der Waals surface area contributed by atoms with E-state index in [1.165, 1.54) is 18.6 Å². The summed E-state index contributed by atoms with van der Waals surface area (Å²) < 4.78 is 11.4. The molecule has 0 aliphatic carbocycles. The highest BCUT2D eigenvalue weighted by Gasteiger charge is 2.28. The fraction of sp³-hybridized carbons (Fsp3) is 0.294. The topological polar surface area (TPSA) is 77.8 Å². The van der Waals surface area contributed by atoms with Crippen molar-refractivity contribution in [2.45, 2.75) is 32.3 Å². The third-order valence-electron chi connectivity index (χ3n) is 3.89. The molecule has 0 aromatic heterocycles. The van der Waals surface area contributed by atoms with Crippen LogP contribution in [0, 0.1) is 0 Å². The van der Waals surface area contributed by atoms with Gasteiger partial charge in [0.05, 0.1) is 5.66 Å². The molecule has 3 N–H and O–H groups in total. The van der Waals surface area contributed by atoms with Crippen molar-refractivity contribution in [3.05, 3.63) is 64.7 Å². The van der Waals surface area contributed by atoms with Crippen molar-refractivity contribution >= 4 is 7.60 Å². The molecule has 2 aromatic rings. The molecule has 1 unspecified atom stereocenters. The maximum absolute atomic E-state index is 11.4. The Labute approximate surface area is 130 Å². The van der Waals surface area contributed by atoms with Gasteiger partial charge in [0, 0.05) is 5.56 Å². The Morgan fingerprint density at radius 3 is 2.09 bits per heavy atom. The second-order valence-electron chi connectivity index (χ2n) is 5.51. The fourth-order valence-corrected chi connectivity index (χ4v) is 2.93. The number of hydrogen-bond acceptors (Lipinski definition) is 2. The Hall–Kier alpha value is -1.61. The molecule has 4 nitrogen and oxygen atoms in total. The molecular formula is C17H21O4P. The van der Waals surface area contributed by atoms with Gasteiger partial charge in [-0.05, 0) is 42.5 Å². The summed E-state index contributed by atoms with van der Waals surface area (Å²) in [6, 6.07) is 13.2. The lowest BCUT2D eigenvalue weighted by Crippen LogP contribution is -1.98. The van der Waals surface area contributed by atoms with Crippen molar-refractivity contribution in [3.8, 4) is 5.75 Å². The van der Waals surface area contributed by atoms with Crippen LogP contribution in [0.2, 0.25) is 0 Å². The Morgan fingerprint density at radius 1 is 1.00 bits per heavy atom. The molecule has 5 heteroatoms. The largest absolute Gasteiger partial charge is 0.508 e. The van der Waals surface area contributed by atoms with Gasteiger partial charge in [-0.2, -0.15) is 0 Å². The number of aromatic hydroxyl groups is 1. The van der Waals surface area contributed by atoms with Crippen LogP contribution in [-0.4, -0.2) is 14.9 Å². The minimum Gasteiger partial charge on any atom is -0.508 e. The number of phenolic OH excluding ortho intramolecular Hbond substituents is 1. The number of aryl methyl sites for hydroxylation is 1. The average Bonchev–Trinajstić information content (AvgIpc) is 2.48. The maximum atomic E-state index is 11.4. The Balaban J connectivity index is 2.27. The summed E-state index contributed by atoms with van der Waals surface area (Å²) in [5.41, 5.74) is 2.58. The molecule has 0 heterocycles. The van der Waals surface area contributed by atoms with Gasteiger partial charge in [-0.1, -0.05) is 43.3 Å². The molecule has 0 aliphatic heterocycles. The van der Waals surface area contributed by atoms with Crippen LogP contribution in [0.5, 0.6) is 5.75 Å². The van der Waals surface area contributed by atoms with Crippen molar-refractivity contribution in [3.63, 3.8) is 0 Å².